The minimum absolute atomic E-state index is 0.219. The third kappa shape index (κ3) is 3.65. The Balaban J connectivity index is 2.09. The fraction of sp³-hybridized carbons (Fsp3) is 0.625. The molecule has 1 nitrogen and oxygen atoms in total. The zero-order valence-corrected chi connectivity index (χ0v) is 13.1. The smallest absolute Gasteiger partial charge is 0.0614 e. The number of rotatable bonds is 3. The van der Waals surface area contributed by atoms with Gasteiger partial charge in [-0.1, -0.05) is 56.0 Å². The fourth-order valence-electron chi connectivity index (χ4n) is 3.29. The Morgan fingerprint density at radius 2 is 2.05 bits per heavy atom. The van der Waals surface area contributed by atoms with E-state index in [1.807, 2.05) is 12.1 Å². The molecule has 0 aliphatic heterocycles. The second-order valence-corrected chi connectivity index (χ2v) is 7.19. The van der Waals surface area contributed by atoms with Crippen molar-refractivity contribution >= 4 is 23.2 Å². The van der Waals surface area contributed by atoms with Crippen molar-refractivity contribution in [2.75, 3.05) is 0 Å². The van der Waals surface area contributed by atoms with E-state index >= 15 is 0 Å². The summed E-state index contributed by atoms with van der Waals surface area (Å²) in [7, 11) is 0. The minimum atomic E-state index is -0.325. The zero-order chi connectivity index (χ0) is 14.0. The average Bonchev–Trinajstić information content (AvgIpc) is 2.32. The Morgan fingerprint density at radius 1 is 1.32 bits per heavy atom. The lowest BCUT2D eigenvalue weighted by molar-refractivity contribution is 0.00581. The molecule has 0 heterocycles. The molecule has 2 rings (SSSR count). The topological polar surface area (TPSA) is 20.2 Å². The van der Waals surface area contributed by atoms with E-state index in [-0.39, 0.29) is 11.5 Å². The number of halogens is 2. The number of aliphatic hydroxyl groups is 1. The third-order valence-corrected chi connectivity index (χ3v) is 5.09. The molecule has 1 aliphatic carbocycles. The zero-order valence-electron chi connectivity index (χ0n) is 11.6. The second-order valence-electron chi connectivity index (χ2n) is 6.35. The molecule has 0 bridgehead atoms. The van der Waals surface area contributed by atoms with Crippen LogP contribution in [0.15, 0.2) is 18.2 Å². The van der Waals surface area contributed by atoms with Crippen LogP contribution in [0.25, 0.3) is 0 Å². The highest BCUT2D eigenvalue weighted by atomic mass is 35.5. The molecular formula is C16H22Cl2O. The second kappa shape index (κ2) is 6.03. The number of aliphatic hydroxyl groups excluding tert-OH is 1. The van der Waals surface area contributed by atoms with E-state index in [0.717, 1.165) is 12.0 Å². The van der Waals surface area contributed by atoms with Gasteiger partial charge in [0.05, 0.1) is 6.10 Å². The molecule has 0 amide bonds. The molecule has 19 heavy (non-hydrogen) atoms. The van der Waals surface area contributed by atoms with Crippen LogP contribution in [0.1, 0.15) is 45.1 Å². The number of benzene rings is 1. The van der Waals surface area contributed by atoms with Crippen molar-refractivity contribution in [1.29, 1.82) is 0 Å². The van der Waals surface area contributed by atoms with Gasteiger partial charge >= 0.3 is 0 Å². The van der Waals surface area contributed by atoms with Gasteiger partial charge in [0.25, 0.3) is 0 Å². The normalized spacial score (nSPS) is 24.2. The summed E-state index contributed by atoms with van der Waals surface area (Å²) >= 11 is 12.1. The van der Waals surface area contributed by atoms with Gasteiger partial charge in [-0.2, -0.15) is 0 Å². The van der Waals surface area contributed by atoms with Crippen LogP contribution in [0.4, 0.5) is 0 Å². The molecule has 1 aromatic carbocycles. The molecule has 1 aromatic rings. The molecule has 106 valence electrons. The molecule has 0 saturated heterocycles. The summed E-state index contributed by atoms with van der Waals surface area (Å²) in [5.41, 5.74) is 1.20. The largest absolute Gasteiger partial charge is 0.392 e. The van der Waals surface area contributed by atoms with E-state index in [1.165, 1.54) is 19.3 Å². The monoisotopic (exact) mass is 300 g/mol. The molecule has 3 heteroatoms. The Bertz CT molecular complexity index is 442. The summed E-state index contributed by atoms with van der Waals surface area (Å²) in [5, 5.41) is 11.9. The van der Waals surface area contributed by atoms with Crippen molar-refractivity contribution in [2.45, 2.75) is 52.1 Å². The van der Waals surface area contributed by atoms with Gasteiger partial charge < -0.3 is 5.11 Å². The number of hydrogen-bond acceptors (Lipinski definition) is 1. The van der Waals surface area contributed by atoms with Gasteiger partial charge in [-0.15, -0.1) is 0 Å². The predicted octanol–water partition coefficient (Wildman–Crippen LogP) is 5.11. The molecule has 1 N–H and O–H groups in total. The summed E-state index contributed by atoms with van der Waals surface area (Å²) in [5.74, 6) is 0.355. The third-order valence-electron chi connectivity index (χ3n) is 4.50. The Kier molecular flexibility index (Phi) is 4.81. The van der Waals surface area contributed by atoms with Crippen LogP contribution in [0.3, 0.4) is 0 Å². The highest BCUT2D eigenvalue weighted by Crippen LogP contribution is 2.43. The highest BCUT2D eigenvalue weighted by Gasteiger charge is 2.36. The van der Waals surface area contributed by atoms with Gasteiger partial charge in [0.15, 0.2) is 0 Å². The van der Waals surface area contributed by atoms with Gasteiger partial charge in [-0.25, -0.2) is 0 Å². The average molecular weight is 301 g/mol. The summed E-state index contributed by atoms with van der Waals surface area (Å²) in [6.45, 7) is 4.53. The van der Waals surface area contributed by atoms with Crippen molar-refractivity contribution in [1.82, 2.24) is 0 Å². The SMILES string of the molecule is CC1(C)CCCCC1C(O)Cc1ccc(Cl)cc1Cl. The van der Waals surface area contributed by atoms with E-state index in [4.69, 9.17) is 23.2 Å². The van der Waals surface area contributed by atoms with Crippen LogP contribution in [-0.4, -0.2) is 11.2 Å². The molecule has 1 saturated carbocycles. The van der Waals surface area contributed by atoms with E-state index in [2.05, 4.69) is 13.8 Å². The first kappa shape index (κ1) is 15.2. The first-order valence-electron chi connectivity index (χ1n) is 7.02. The van der Waals surface area contributed by atoms with Gasteiger partial charge in [0.1, 0.15) is 0 Å². The first-order chi connectivity index (χ1) is 8.90. The summed E-state index contributed by atoms with van der Waals surface area (Å²) < 4.78 is 0. The molecule has 0 radical (unpaired) electrons. The maximum absolute atomic E-state index is 10.6. The van der Waals surface area contributed by atoms with Crippen LogP contribution >= 0.6 is 23.2 Å². The minimum Gasteiger partial charge on any atom is -0.392 e. The lowest BCUT2D eigenvalue weighted by Gasteiger charge is -2.41. The Morgan fingerprint density at radius 3 is 2.68 bits per heavy atom. The van der Waals surface area contributed by atoms with Crippen molar-refractivity contribution in [3.05, 3.63) is 33.8 Å². The van der Waals surface area contributed by atoms with Gasteiger partial charge in [-0.3, -0.25) is 0 Å². The lowest BCUT2D eigenvalue weighted by atomic mass is 9.66. The number of hydrogen-bond donors (Lipinski definition) is 1. The van der Waals surface area contributed by atoms with Crippen molar-refractivity contribution in [3.8, 4) is 0 Å². The quantitative estimate of drug-likeness (QED) is 0.822. The highest BCUT2D eigenvalue weighted by molar-refractivity contribution is 6.35. The van der Waals surface area contributed by atoms with Crippen molar-refractivity contribution in [3.63, 3.8) is 0 Å². The van der Waals surface area contributed by atoms with Crippen LogP contribution in [0.2, 0.25) is 10.0 Å². The predicted molar refractivity (Wildman–Crippen MR) is 81.9 cm³/mol. The van der Waals surface area contributed by atoms with Gasteiger partial charge in [0.2, 0.25) is 0 Å². The molecule has 1 aliphatic rings. The Hall–Kier alpha value is -0.240. The van der Waals surface area contributed by atoms with E-state index in [1.54, 1.807) is 6.07 Å². The molecule has 0 spiro atoms. The van der Waals surface area contributed by atoms with E-state index in [0.29, 0.717) is 22.4 Å². The summed E-state index contributed by atoms with van der Waals surface area (Å²) in [6, 6.07) is 5.50. The van der Waals surface area contributed by atoms with E-state index in [9.17, 15) is 5.11 Å². The Labute approximate surface area is 125 Å². The summed E-state index contributed by atoms with van der Waals surface area (Å²) in [6.07, 6.45) is 5.10. The van der Waals surface area contributed by atoms with Gasteiger partial charge in [-0.05, 0) is 41.9 Å². The van der Waals surface area contributed by atoms with Crippen molar-refractivity contribution < 1.29 is 5.11 Å². The van der Waals surface area contributed by atoms with Crippen LogP contribution in [-0.2, 0) is 6.42 Å². The van der Waals surface area contributed by atoms with Crippen LogP contribution in [0.5, 0.6) is 0 Å². The maximum atomic E-state index is 10.6. The van der Waals surface area contributed by atoms with Crippen LogP contribution in [0, 0.1) is 11.3 Å². The molecule has 0 aromatic heterocycles. The molecular weight excluding hydrogens is 279 g/mol. The standard InChI is InChI=1S/C16H22Cl2O/c1-16(2)8-4-3-5-13(16)15(19)9-11-6-7-12(17)10-14(11)18/h6-7,10,13,15,19H,3-5,8-9H2,1-2H3. The lowest BCUT2D eigenvalue weighted by Crippen LogP contribution is -2.37. The molecule has 2 unspecified atom stereocenters. The van der Waals surface area contributed by atoms with E-state index < -0.39 is 0 Å². The maximum Gasteiger partial charge on any atom is 0.0614 e. The van der Waals surface area contributed by atoms with Gasteiger partial charge in [0, 0.05) is 16.5 Å². The van der Waals surface area contributed by atoms with Crippen LogP contribution < -0.4 is 0 Å². The molecule has 2 atom stereocenters. The molecule has 1 fully saturated rings. The van der Waals surface area contributed by atoms with Crippen molar-refractivity contribution in [2.24, 2.45) is 11.3 Å². The fourth-order valence-corrected chi connectivity index (χ4v) is 3.77. The first-order valence-corrected chi connectivity index (χ1v) is 7.78. The summed E-state index contributed by atoms with van der Waals surface area (Å²) in [4.78, 5) is 0.